The Balaban J connectivity index is 2.05. The molecule has 0 aromatic heterocycles. The fraction of sp³-hybridized carbons (Fsp3) is 0.500. The maximum atomic E-state index is 12.5. The van der Waals surface area contributed by atoms with Crippen molar-refractivity contribution in [1.82, 2.24) is 5.32 Å². The smallest absolute Gasteiger partial charge is 0.239 e. The van der Waals surface area contributed by atoms with Gasteiger partial charge in [-0.1, -0.05) is 11.6 Å². The van der Waals surface area contributed by atoms with Gasteiger partial charge in [0, 0.05) is 16.8 Å². The van der Waals surface area contributed by atoms with Crippen LogP contribution in [0.3, 0.4) is 0 Å². The molecule has 6 nitrogen and oxygen atoms in total. The number of amides is 2. The number of carbonyl (C=O) groups is 2. The quantitative estimate of drug-likeness (QED) is 0.790. The van der Waals surface area contributed by atoms with Crippen LogP contribution in [0.15, 0.2) is 18.2 Å². The summed E-state index contributed by atoms with van der Waals surface area (Å²) in [5.74, 6) is -0.971. The third-order valence-electron chi connectivity index (χ3n) is 4.14. The van der Waals surface area contributed by atoms with E-state index in [1.807, 2.05) is 0 Å². The first-order valence-electron chi connectivity index (χ1n) is 7.60. The Bertz CT molecular complexity index is 774. The zero-order valence-electron chi connectivity index (χ0n) is 13.8. The van der Waals surface area contributed by atoms with Crippen molar-refractivity contribution in [3.63, 3.8) is 0 Å². The molecule has 0 radical (unpaired) electrons. The van der Waals surface area contributed by atoms with Crippen LogP contribution < -0.4 is 10.6 Å². The Morgan fingerprint density at radius 2 is 1.92 bits per heavy atom. The predicted molar refractivity (Wildman–Crippen MR) is 93.8 cm³/mol. The predicted octanol–water partition coefficient (Wildman–Crippen LogP) is 1.92. The lowest BCUT2D eigenvalue weighted by Gasteiger charge is -2.25. The maximum Gasteiger partial charge on any atom is 0.239 e. The van der Waals surface area contributed by atoms with Gasteiger partial charge < -0.3 is 10.6 Å². The number of aryl methyl sites for hydroxylation is 1. The second kappa shape index (κ2) is 6.72. The maximum absolute atomic E-state index is 12.5. The molecule has 1 saturated heterocycles. The standard InChI is InChI=1S/C16H21ClN2O4S/c1-10-8-11(17)4-5-13(10)19-15(21)16(2,3)14(20)18-12-6-7-24(22,23)9-12/h4-5,8,12H,6-7,9H2,1-3H3,(H,18,20)(H,19,21). The third-order valence-corrected chi connectivity index (χ3v) is 6.14. The molecule has 1 heterocycles. The Kier molecular flexibility index (Phi) is 5.25. The van der Waals surface area contributed by atoms with Gasteiger partial charge in [0.1, 0.15) is 5.41 Å². The summed E-state index contributed by atoms with van der Waals surface area (Å²) in [5.41, 5.74) is 0.0287. The molecule has 0 aliphatic carbocycles. The second-order valence-corrected chi connectivity index (χ2v) is 9.28. The molecule has 1 aliphatic heterocycles. The van der Waals surface area contributed by atoms with Crippen LogP contribution >= 0.6 is 11.6 Å². The van der Waals surface area contributed by atoms with Crippen molar-refractivity contribution < 1.29 is 18.0 Å². The van der Waals surface area contributed by atoms with Crippen LogP contribution in [-0.2, 0) is 19.4 Å². The molecule has 1 aromatic rings. The van der Waals surface area contributed by atoms with Crippen molar-refractivity contribution in [3.8, 4) is 0 Å². The van der Waals surface area contributed by atoms with Crippen molar-refractivity contribution in [3.05, 3.63) is 28.8 Å². The summed E-state index contributed by atoms with van der Waals surface area (Å²) in [5, 5.41) is 5.95. The molecular weight excluding hydrogens is 352 g/mol. The van der Waals surface area contributed by atoms with Gasteiger partial charge in [-0.15, -0.1) is 0 Å². The highest BCUT2D eigenvalue weighted by Crippen LogP contribution is 2.24. The van der Waals surface area contributed by atoms with E-state index in [2.05, 4.69) is 10.6 Å². The van der Waals surface area contributed by atoms with Gasteiger partial charge in [0.05, 0.1) is 11.5 Å². The Morgan fingerprint density at radius 1 is 1.25 bits per heavy atom. The van der Waals surface area contributed by atoms with Crippen LogP contribution in [0.2, 0.25) is 5.02 Å². The largest absolute Gasteiger partial charge is 0.351 e. The number of hydrogen-bond donors (Lipinski definition) is 2. The summed E-state index contributed by atoms with van der Waals surface area (Å²) in [4.78, 5) is 24.9. The van der Waals surface area contributed by atoms with Crippen LogP contribution in [0, 0.1) is 12.3 Å². The summed E-state index contributed by atoms with van der Waals surface area (Å²) >= 11 is 5.89. The number of hydrogen-bond acceptors (Lipinski definition) is 4. The topological polar surface area (TPSA) is 92.3 Å². The highest BCUT2D eigenvalue weighted by atomic mass is 35.5. The molecule has 1 unspecified atom stereocenters. The SMILES string of the molecule is Cc1cc(Cl)ccc1NC(=O)C(C)(C)C(=O)NC1CCS(=O)(=O)C1. The molecule has 0 bridgehead atoms. The Labute approximate surface area is 146 Å². The van der Waals surface area contributed by atoms with Crippen LogP contribution in [0.4, 0.5) is 5.69 Å². The number of nitrogens with one attached hydrogen (secondary N) is 2. The summed E-state index contributed by atoms with van der Waals surface area (Å²) < 4.78 is 22.9. The second-order valence-electron chi connectivity index (χ2n) is 6.61. The van der Waals surface area contributed by atoms with Crippen LogP contribution in [0.5, 0.6) is 0 Å². The highest BCUT2D eigenvalue weighted by molar-refractivity contribution is 7.91. The zero-order valence-corrected chi connectivity index (χ0v) is 15.4. The lowest BCUT2D eigenvalue weighted by Crippen LogP contribution is -2.48. The minimum absolute atomic E-state index is 0.0640. The molecule has 0 spiro atoms. The molecule has 2 amide bonds. The van der Waals surface area contributed by atoms with E-state index in [4.69, 9.17) is 11.6 Å². The lowest BCUT2D eigenvalue weighted by molar-refractivity contribution is -0.138. The molecule has 132 valence electrons. The minimum atomic E-state index is -3.09. The van der Waals surface area contributed by atoms with Gasteiger partial charge in [0.25, 0.3) is 0 Å². The minimum Gasteiger partial charge on any atom is -0.351 e. The van der Waals surface area contributed by atoms with Gasteiger partial charge in [-0.25, -0.2) is 8.42 Å². The lowest BCUT2D eigenvalue weighted by atomic mass is 9.90. The average Bonchev–Trinajstić information content (AvgIpc) is 2.80. The average molecular weight is 373 g/mol. The summed E-state index contributed by atoms with van der Waals surface area (Å²) in [6, 6.07) is 4.60. The zero-order chi connectivity index (χ0) is 18.1. The normalized spacial score (nSPS) is 19.8. The fourth-order valence-corrected chi connectivity index (χ4v) is 4.32. The number of halogens is 1. The third kappa shape index (κ3) is 4.27. The van der Waals surface area contributed by atoms with Crippen LogP contribution in [0.25, 0.3) is 0 Å². The van der Waals surface area contributed by atoms with E-state index >= 15 is 0 Å². The molecule has 1 aromatic carbocycles. The van der Waals surface area contributed by atoms with Crippen molar-refractivity contribution in [2.75, 3.05) is 16.8 Å². The Hall–Kier alpha value is -1.60. The molecular formula is C16H21ClN2O4S. The van der Waals surface area contributed by atoms with Crippen molar-refractivity contribution in [2.45, 2.75) is 33.2 Å². The summed E-state index contributed by atoms with van der Waals surface area (Å²) in [6.07, 6.45) is 0.377. The summed E-state index contributed by atoms with van der Waals surface area (Å²) in [6.45, 7) is 4.82. The number of sulfone groups is 1. The van der Waals surface area contributed by atoms with Crippen LogP contribution in [-0.4, -0.2) is 37.8 Å². The molecule has 2 N–H and O–H groups in total. The molecule has 0 saturated carbocycles. The van der Waals surface area contributed by atoms with E-state index in [9.17, 15) is 18.0 Å². The van der Waals surface area contributed by atoms with E-state index in [0.717, 1.165) is 5.56 Å². The molecule has 1 fully saturated rings. The molecule has 1 aliphatic rings. The molecule has 24 heavy (non-hydrogen) atoms. The Morgan fingerprint density at radius 3 is 2.46 bits per heavy atom. The molecule has 1 atom stereocenters. The first-order valence-corrected chi connectivity index (χ1v) is 9.80. The number of rotatable bonds is 4. The number of anilines is 1. The number of carbonyl (C=O) groups excluding carboxylic acids is 2. The van der Waals surface area contributed by atoms with E-state index in [1.54, 1.807) is 25.1 Å². The van der Waals surface area contributed by atoms with Gasteiger partial charge in [-0.2, -0.15) is 0 Å². The first-order chi connectivity index (χ1) is 11.0. The molecule has 8 heteroatoms. The van der Waals surface area contributed by atoms with Gasteiger partial charge in [0.2, 0.25) is 11.8 Å². The van der Waals surface area contributed by atoms with E-state index in [-0.39, 0.29) is 11.5 Å². The van der Waals surface area contributed by atoms with Crippen molar-refractivity contribution >= 4 is 38.9 Å². The number of benzene rings is 1. The van der Waals surface area contributed by atoms with E-state index < -0.39 is 33.1 Å². The van der Waals surface area contributed by atoms with Gasteiger partial charge >= 0.3 is 0 Å². The van der Waals surface area contributed by atoms with E-state index in [0.29, 0.717) is 17.1 Å². The van der Waals surface area contributed by atoms with Crippen LogP contribution in [0.1, 0.15) is 25.8 Å². The molecule has 2 rings (SSSR count). The van der Waals surface area contributed by atoms with E-state index in [1.165, 1.54) is 13.8 Å². The van der Waals surface area contributed by atoms with Gasteiger partial charge in [-0.05, 0) is 51.0 Å². The van der Waals surface area contributed by atoms with Crippen molar-refractivity contribution in [1.29, 1.82) is 0 Å². The highest BCUT2D eigenvalue weighted by Gasteiger charge is 2.39. The fourth-order valence-electron chi connectivity index (χ4n) is 2.42. The first kappa shape index (κ1) is 18.7. The van der Waals surface area contributed by atoms with Gasteiger partial charge in [-0.3, -0.25) is 9.59 Å². The summed E-state index contributed by atoms with van der Waals surface area (Å²) in [7, 11) is -3.09. The monoisotopic (exact) mass is 372 g/mol. The van der Waals surface area contributed by atoms with Gasteiger partial charge in [0.15, 0.2) is 9.84 Å². The van der Waals surface area contributed by atoms with Crippen molar-refractivity contribution in [2.24, 2.45) is 5.41 Å².